The third kappa shape index (κ3) is 3.63. The second-order valence-electron chi connectivity index (χ2n) is 3.82. The van der Waals surface area contributed by atoms with Crippen molar-refractivity contribution in [2.24, 2.45) is 10.8 Å². The van der Waals surface area contributed by atoms with Crippen molar-refractivity contribution in [2.75, 3.05) is 0 Å². The molecule has 0 saturated heterocycles. The zero-order valence-corrected chi connectivity index (χ0v) is 12.1. The molecular formula is C12H12N6S2. The van der Waals surface area contributed by atoms with E-state index in [1.54, 1.807) is 22.2 Å². The summed E-state index contributed by atoms with van der Waals surface area (Å²) in [5.74, 6) is 0. The normalized spacial score (nSPS) is 10.6. The Balaban J connectivity index is 2.28. The van der Waals surface area contributed by atoms with Crippen molar-refractivity contribution in [1.29, 1.82) is 5.26 Å². The van der Waals surface area contributed by atoms with Gasteiger partial charge in [-0.1, -0.05) is 6.07 Å². The molecule has 3 N–H and O–H groups in total. The summed E-state index contributed by atoms with van der Waals surface area (Å²) in [4.78, 5) is 1.04. The molecule has 0 fully saturated rings. The van der Waals surface area contributed by atoms with E-state index in [1.165, 1.54) is 0 Å². The Morgan fingerprint density at radius 2 is 2.55 bits per heavy atom. The van der Waals surface area contributed by atoms with E-state index in [0.717, 1.165) is 16.1 Å². The van der Waals surface area contributed by atoms with Crippen LogP contribution in [0.25, 0.3) is 10.6 Å². The van der Waals surface area contributed by atoms with Crippen LogP contribution in [0.3, 0.4) is 0 Å². The quantitative estimate of drug-likeness (QED) is 0.498. The fraction of sp³-hybridized carbons (Fsp3) is 0.167. The fourth-order valence-corrected chi connectivity index (χ4v) is 2.36. The number of nitriles is 1. The van der Waals surface area contributed by atoms with Crippen molar-refractivity contribution in [1.82, 2.24) is 15.2 Å². The molecule has 0 aliphatic heterocycles. The van der Waals surface area contributed by atoms with Crippen LogP contribution < -0.4 is 11.2 Å². The van der Waals surface area contributed by atoms with Gasteiger partial charge in [0.1, 0.15) is 5.69 Å². The van der Waals surface area contributed by atoms with Crippen LogP contribution >= 0.6 is 23.6 Å². The number of nitrogens with one attached hydrogen (secondary N) is 1. The molecule has 2 heterocycles. The number of hydrazone groups is 1. The molecule has 2 aromatic heterocycles. The van der Waals surface area contributed by atoms with E-state index < -0.39 is 0 Å². The van der Waals surface area contributed by atoms with Gasteiger partial charge in [-0.25, -0.2) is 0 Å². The molecule has 0 atom stereocenters. The van der Waals surface area contributed by atoms with Gasteiger partial charge in [0.25, 0.3) is 0 Å². The largest absolute Gasteiger partial charge is 0.375 e. The van der Waals surface area contributed by atoms with Gasteiger partial charge < -0.3 is 5.73 Å². The summed E-state index contributed by atoms with van der Waals surface area (Å²) in [6.45, 7) is 0.547. The Morgan fingerprint density at radius 3 is 3.20 bits per heavy atom. The molecule has 2 aromatic rings. The van der Waals surface area contributed by atoms with Crippen LogP contribution in [0.5, 0.6) is 0 Å². The minimum Gasteiger partial charge on any atom is -0.375 e. The Bertz CT molecular complexity index is 650. The number of nitrogens with zero attached hydrogens (tertiary/aromatic N) is 4. The lowest BCUT2D eigenvalue weighted by Crippen LogP contribution is -2.23. The van der Waals surface area contributed by atoms with E-state index in [0.29, 0.717) is 13.0 Å². The van der Waals surface area contributed by atoms with Gasteiger partial charge in [0, 0.05) is 11.8 Å². The first-order valence-electron chi connectivity index (χ1n) is 5.77. The topological polar surface area (TPSA) is 92.0 Å². The number of rotatable bonds is 5. The first-order chi connectivity index (χ1) is 9.70. The third-order valence-electron chi connectivity index (χ3n) is 2.38. The van der Waals surface area contributed by atoms with Gasteiger partial charge >= 0.3 is 0 Å². The average Bonchev–Trinajstić information content (AvgIpc) is 3.04. The van der Waals surface area contributed by atoms with E-state index in [2.05, 4.69) is 33.9 Å². The molecule has 102 valence electrons. The lowest BCUT2D eigenvalue weighted by Gasteiger charge is -1.95. The molecule has 0 spiro atoms. The Hall–Kier alpha value is -2.24. The van der Waals surface area contributed by atoms with Crippen LogP contribution in [0.4, 0.5) is 0 Å². The zero-order chi connectivity index (χ0) is 14.4. The number of aryl methyl sites for hydroxylation is 1. The van der Waals surface area contributed by atoms with Gasteiger partial charge in [0.2, 0.25) is 0 Å². The predicted octanol–water partition coefficient (Wildman–Crippen LogP) is 1.69. The highest BCUT2D eigenvalue weighted by Crippen LogP contribution is 2.25. The molecular weight excluding hydrogens is 292 g/mol. The van der Waals surface area contributed by atoms with Gasteiger partial charge in [-0.15, -0.1) is 11.3 Å². The second kappa shape index (κ2) is 6.79. The van der Waals surface area contributed by atoms with Gasteiger partial charge in [-0.2, -0.15) is 15.5 Å². The number of nitrogens with two attached hydrogens (primary N) is 1. The van der Waals surface area contributed by atoms with E-state index in [1.807, 2.05) is 23.7 Å². The monoisotopic (exact) mass is 304 g/mol. The molecule has 20 heavy (non-hydrogen) atoms. The van der Waals surface area contributed by atoms with Crippen molar-refractivity contribution in [3.8, 4) is 16.6 Å². The fourth-order valence-electron chi connectivity index (χ4n) is 1.58. The average molecular weight is 304 g/mol. The van der Waals surface area contributed by atoms with Crippen LogP contribution in [0.2, 0.25) is 0 Å². The maximum atomic E-state index is 8.64. The molecule has 2 rings (SSSR count). The first kappa shape index (κ1) is 14.2. The van der Waals surface area contributed by atoms with Gasteiger partial charge in [-0.05, 0) is 23.7 Å². The lowest BCUT2D eigenvalue weighted by atomic mass is 10.2. The highest BCUT2D eigenvalue weighted by atomic mass is 32.1. The Morgan fingerprint density at radius 1 is 1.70 bits per heavy atom. The number of aromatic nitrogens is 2. The van der Waals surface area contributed by atoms with Crippen molar-refractivity contribution in [2.45, 2.75) is 13.0 Å². The Kier molecular flexibility index (Phi) is 4.81. The minimum atomic E-state index is 0.107. The smallest absolute Gasteiger partial charge is 0.184 e. The molecule has 0 aliphatic rings. The summed E-state index contributed by atoms with van der Waals surface area (Å²) in [7, 11) is 0. The van der Waals surface area contributed by atoms with Crippen molar-refractivity contribution >= 4 is 34.9 Å². The minimum absolute atomic E-state index is 0.107. The summed E-state index contributed by atoms with van der Waals surface area (Å²) in [5, 5.41) is 19.2. The Labute approximate surface area is 125 Å². The summed E-state index contributed by atoms with van der Waals surface area (Å²) < 4.78 is 1.74. The van der Waals surface area contributed by atoms with Gasteiger partial charge in [-0.3, -0.25) is 10.1 Å². The predicted molar refractivity (Wildman–Crippen MR) is 83.3 cm³/mol. The summed E-state index contributed by atoms with van der Waals surface area (Å²) in [5.41, 5.74) is 9.49. The number of thiophene rings is 1. The molecule has 0 saturated carbocycles. The number of thiocarbonyl (C=S) groups is 1. The SMILES string of the molecule is N#CCCn1cc(/C=N/NC(N)=S)c(-c2cccs2)n1. The molecule has 0 aromatic carbocycles. The highest BCUT2D eigenvalue weighted by molar-refractivity contribution is 7.80. The van der Waals surface area contributed by atoms with Crippen LogP contribution in [-0.2, 0) is 6.54 Å². The standard InChI is InChI=1S/C12H12N6S2/c13-4-2-5-18-8-9(7-15-16-12(14)19)11(17-18)10-3-1-6-20-10/h1,3,6-8H,2,5H2,(H3,14,16,19)/b15-7+. The lowest BCUT2D eigenvalue weighted by molar-refractivity contribution is 0.630. The first-order valence-corrected chi connectivity index (χ1v) is 7.06. The van der Waals surface area contributed by atoms with Crippen molar-refractivity contribution < 1.29 is 0 Å². The molecule has 0 bridgehead atoms. The number of hydrogen-bond donors (Lipinski definition) is 2. The van der Waals surface area contributed by atoms with E-state index >= 15 is 0 Å². The van der Waals surface area contributed by atoms with E-state index in [4.69, 9.17) is 11.0 Å². The zero-order valence-electron chi connectivity index (χ0n) is 10.5. The summed E-state index contributed by atoms with van der Waals surface area (Å²) >= 11 is 6.28. The van der Waals surface area contributed by atoms with Crippen molar-refractivity contribution in [3.05, 3.63) is 29.3 Å². The molecule has 0 amide bonds. The molecule has 8 heteroatoms. The van der Waals surface area contributed by atoms with E-state index in [9.17, 15) is 0 Å². The van der Waals surface area contributed by atoms with Crippen LogP contribution in [0.15, 0.2) is 28.8 Å². The summed E-state index contributed by atoms with van der Waals surface area (Å²) in [6, 6.07) is 6.05. The van der Waals surface area contributed by atoms with Crippen LogP contribution in [-0.4, -0.2) is 21.1 Å². The molecule has 0 unspecified atom stereocenters. The summed E-state index contributed by atoms with van der Waals surface area (Å²) in [6.07, 6.45) is 3.87. The van der Waals surface area contributed by atoms with Crippen molar-refractivity contribution in [3.63, 3.8) is 0 Å². The highest BCUT2D eigenvalue weighted by Gasteiger charge is 2.10. The van der Waals surface area contributed by atoms with Crippen LogP contribution in [0, 0.1) is 11.3 Å². The van der Waals surface area contributed by atoms with Crippen LogP contribution in [0.1, 0.15) is 12.0 Å². The maximum Gasteiger partial charge on any atom is 0.184 e. The molecule has 0 radical (unpaired) electrons. The second-order valence-corrected chi connectivity index (χ2v) is 5.20. The molecule has 6 nitrogen and oxygen atoms in total. The maximum absolute atomic E-state index is 8.64. The van der Waals surface area contributed by atoms with Gasteiger partial charge in [0.15, 0.2) is 5.11 Å². The number of hydrogen-bond acceptors (Lipinski definition) is 5. The molecule has 0 aliphatic carbocycles. The van der Waals surface area contributed by atoms with E-state index in [-0.39, 0.29) is 5.11 Å². The van der Waals surface area contributed by atoms with Gasteiger partial charge in [0.05, 0.1) is 30.1 Å². The third-order valence-corrected chi connectivity index (χ3v) is 3.34.